The number of hydrogen-bond acceptors (Lipinski definition) is 5. The Morgan fingerprint density at radius 1 is 1.21 bits per heavy atom. The van der Waals surface area contributed by atoms with E-state index in [9.17, 15) is 18.0 Å². The minimum Gasteiger partial charge on any atom is -0.423 e. The van der Waals surface area contributed by atoms with E-state index in [1.807, 2.05) is 19.1 Å². The molecule has 24 heavy (non-hydrogen) atoms. The number of alkyl halides is 3. The van der Waals surface area contributed by atoms with Crippen molar-refractivity contribution in [2.24, 2.45) is 0 Å². The summed E-state index contributed by atoms with van der Waals surface area (Å²) in [5, 5.41) is 0.734. The van der Waals surface area contributed by atoms with Crippen molar-refractivity contribution in [2.45, 2.75) is 24.0 Å². The van der Waals surface area contributed by atoms with Crippen molar-refractivity contribution in [1.82, 2.24) is 9.97 Å². The molecule has 3 rings (SSSR count). The summed E-state index contributed by atoms with van der Waals surface area (Å²) in [5.74, 6) is 0.256. The molecular weight excluding hydrogens is 341 g/mol. The third-order valence-electron chi connectivity index (χ3n) is 3.27. The predicted octanol–water partition coefficient (Wildman–Crippen LogP) is 4.20. The second-order valence-electron chi connectivity index (χ2n) is 5.10. The van der Waals surface area contributed by atoms with Gasteiger partial charge in [0.05, 0.1) is 0 Å². The van der Waals surface area contributed by atoms with Gasteiger partial charge in [-0.2, -0.15) is 13.2 Å². The van der Waals surface area contributed by atoms with Crippen LogP contribution in [0.15, 0.2) is 50.9 Å². The van der Waals surface area contributed by atoms with Crippen LogP contribution in [0.3, 0.4) is 0 Å². The molecule has 0 fully saturated rings. The van der Waals surface area contributed by atoms with Gasteiger partial charge in [0.25, 0.3) is 0 Å². The minimum absolute atomic E-state index is 0.00155. The lowest BCUT2D eigenvalue weighted by atomic mass is 10.1. The number of rotatable bonds is 3. The monoisotopic (exact) mass is 352 g/mol. The molecule has 124 valence electrons. The van der Waals surface area contributed by atoms with Gasteiger partial charge in [-0.1, -0.05) is 23.9 Å². The van der Waals surface area contributed by atoms with E-state index in [0.717, 1.165) is 35.0 Å². The van der Waals surface area contributed by atoms with E-state index < -0.39 is 17.5 Å². The lowest BCUT2D eigenvalue weighted by Crippen LogP contribution is -2.08. The van der Waals surface area contributed by atoms with Gasteiger partial charge in [-0.25, -0.2) is 14.8 Å². The largest absolute Gasteiger partial charge is 0.433 e. The Labute approximate surface area is 138 Å². The number of aromatic nitrogens is 2. The maximum Gasteiger partial charge on any atom is 0.433 e. The Hall–Kier alpha value is -2.35. The molecule has 0 radical (unpaired) electrons. The third kappa shape index (κ3) is 3.59. The van der Waals surface area contributed by atoms with Crippen molar-refractivity contribution in [3.05, 3.63) is 63.8 Å². The van der Waals surface area contributed by atoms with Crippen LogP contribution in [0.2, 0.25) is 0 Å². The van der Waals surface area contributed by atoms with Crippen LogP contribution in [0.4, 0.5) is 13.2 Å². The molecule has 0 aliphatic heterocycles. The molecule has 0 saturated heterocycles. The van der Waals surface area contributed by atoms with Gasteiger partial charge in [-0.05, 0) is 30.2 Å². The molecule has 0 spiro atoms. The van der Waals surface area contributed by atoms with Crippen LogP contribution >= 0.6 is 11.8 Å². The fourth-order valence-corrected chi connectivity index (χ4v) is 2.99. The zero-order valence-corrected chi connectivity index (χ0v) is 13.2. The highest BCUT2D eigenvalue weighted by Gasteiger charge is 2.32. The van der Waals surface area contributed by atoms with Gasteiger partial charge < -0.3 is 4.42 Å². The summed E-state index contributed by atoms with van der Waals surface area (Å²) in [6.45, 7) is 1.87. The summed E-state index contributed by atoms with van der Waals surface area (Å²) < 4.78 is 43.2. The Kier molecular flexibility index (Phi) is 4.31. The van der Waals surface area contributed by atoms with Crippen LogP contribution in [-0.4, -0.2) is 9.97 Å². The Morgan fingerprint density at radius 2 is 2.00 bits per heavy atom. The smallest absolute Gasteiger partial charge is 0.423 e. The second-order valence-corrected chi connectivity index (χ2v) is 6.04. The van der Waals surface area contributed by atoms with Gasteiger partial charge in [0.15, 0.2) is 5.16 Å². The molecule has 8 heteroatoms. The van der Waals surface area contributed by atoms with Crippen molar-refractivity contribution in [3.63, 3.8) is 0 Å². The normalized spacial score (nSPS) is 11.8. The van der Waals surface area contributed by atoms with Gasteiger partial charge in [0.1, 0.15) is 11.3 Å². The first-order chi connectivity index (χ1) is 11.3. The standard InChI is InChI=1S/C16H11F3N2O2S/c1-9-2-3-11-10(7-14(22)23-12(11)6-9)8-24-15-20-5-4-13(21-15)16(17,18)19/h2-7H,8H2,1H3. The van der Waals surface area contributed by atoms with E-state index in [1.54, 1.807) is 6.07 Å². The van der Waals surface area contributed by atoms with Crippen LogP contribution < -0.4 is 5.63 Å². The third-order valence-corrected chi connectivity index (χ3v) is 4.18. The Balaban J connectivity index is 1.90. The number of fused-ring (bicyclic) bond motifs is 1. The van der Waals surface area contributed by atoms with E-state index in [2.05, 4.69) is 9.97 Å². The van der Waals surface area contributed by atoms with Gasteiger partial charge in [0, 0.05) is 23.4 Å². The highest BCUT2D eigenvalue weighted by Crippen LogP contribution is 2.30. The highest BCUT2D eigenvalue weighted by atomic mass is 32.2. The predicted molar refractivity (Wildman–Crippen MR) is 83.8 cm³/mol. The first-order valence-corrected chi connectivity index (χ1v) is 7.88. The van der Waals surface area contributed by atoms with Gasteiger partial charge in [-0.15, -0.1) is 0 Å². The van der Waals surface area contributed by atoms with E-state index >= 15 is 0 Å². The average Bonchev–Trinajstić information content (AvgIpc) is 2.51. The first kappa shape index (κ1) is 16.5. The van der Waals surface area contributed by atoms with E-state index in [1.165, 1.54) is 6.07 Å². The van der Waals surface area contributed by atoms with Crippen LogP contribution in [0.5, 0.6) is 0 Å². The quantitative estimate of drug-likeness (QED) is 0.402. The van der Waals surface area contributed by atoms with Gasteiger partial charge in [0.2, 0.25) is 0 Å². The van der Waals surface area contributed by atoms with Crippen LogP contribution in [0.25, 0.3) is 11.0 Å². The number of hydrogen-bond donors (Lipinski definition) is 0. The first-order valence-electron chi connectivity index (χ1n) is 6.89. The summed E-state index contributed by atoms with van der Waals surface area (Å²) in [7, 11) is 0. The summed E-state index contributed by atoms with van der Waals surface area (Å²) in [4.78, 5) is 19.0. The number of halogens is 3. The molecule has 2 heterocycles. The maximum atomic E-state index is 12.7. The zero-order chi connectivity index (χ0) is 17.3. The fraction of sp³-hybridized carbons (Fsp3) is 0.188. The number of benzene rings is 1. The second kappa shape index (κ2) is 6.27. The van der Waals surface area contributed by atoms with Crippen molar-refractivity contribution in [1.29, 1.82) is 0 Å². The van der Waals surface area contributed by atoms with Crippen molar-refractivity contribution >= 4 is 22.7 Å². The SMILES string of the molecule is Cc1ccc2c(CSc3nccc(C(F)(F)F)n3)cc(=O)oc2c1. The molecule has 3 aromatic rings. The van der Waals surface area contributed by atoms with Crippen molar-refractivity contribution in [3.8, 4) is 0 Å². The molecule has 0 bridgehead atoms. The van der Waals surface area contributed by atoms with Gasteiger partial charge in [-0.3, -0.25) is 0 Å². The van der Waals surface area contributed by atoms with Crippen LogP contribution in [0, 0.1) is 6.92 Å². The summed E-state index contributed by atoms with van der Waals surface area (Å²) in [6.07, 6.45) is -3.45. The number of nitrogens with zero attached hydrogens (tertiary/aromatic N) is 2. The Morgan fingerprint density at radius 3 is 2.75 bits per heavy atom. The molecule has 0 aliphatic carbocycles. The summed E-state index contributed by atoms with van der Waals surface area (Å²) in [6, 6.07) is 7.58. The summed E-state index contributed by atoms with van der Waals surface area (Å²) >= 11 is 1.03. The topological polar surface area (TPSA) is 56.0 Å². The average molecular weight is 352 g/mol. The Bertz CT molecular complexity index is 954. The fourth-order valence-electron chi connectivity index (χ4n) is 2.17. The lowest BCUT2D eigenvalue weighted by Gasteiger charge is -2.08. The summed E-state index contributed by atoms with van der Waals surface area (Å²) in [5.41, 5.74) is 0.550. The molecule has 0 aliphatic rings. The lowest BCUT2D eigenvalue weighted by molar-refractivity contribution is -0.141. The molecule has 2 aromatic heterocycles. The van der Waals surface area contributed by atoms with Crippen molar-refractivity contribution < 1.29 is 17.6 Å². The molecular formula is C16H11F3N2O2S. The molecule has 4 nitrogen and oxygen atoms in total. The maximum absolute atomic E-state index is 12.7. The van der Waals surface area contributed by atoms with Crippen molar-refractivity contribution in [2.75, 3.05) is 0 Å². The zero-order valence-electron chi connectivity index (χ0n) is 12.4. The molecule has 0 amide bonds. The highest BCUT2D eigenvalue weighted by molar-refractivity contribution is 7.98. The number of aryl methyl sites for hydroxylation is 1. The molecule has 0 unspecified atom stereocenters. The molecule has 0 saturated carbocycles. The van der Waals surface area contributed by atoms with Crippen LogP contribution in [-0.2, 0) is 11.9 Å². The minimum atomic E-state index is -4.52. The van der Waals surface area contributed by atoms with E-state index in [-0.39, 0.29) is 10.9 Å². The van der Waals surface area contributed by atoms with Crippen LogP contribution in [0.1, 0.15) is 16.8 Å². The van der Waals surface area contributed by atoms with E-state index in [0.29, 0.717) is 11.1 Å². The van der Waals surface area contributed by atoms with E-state index in [4.69, 9.17) is 4.42 Å². The van der Waals surface area contributed by atoms with Gasteiger partial charge >= 0.3 is 11.8 Å². The molecule has 0 N–H and O–H groups in total. The molecule has 1 aromatic carbocycles. The molecule has 0 atom stereocenters. The number of thioether (sulfide) groups is 1.